The van der Waals surface area contributed by atoms with Crippen molar-refractivity contribution in [1.82, 2.24) is 19.7 Å². The standard InChI is InChI=1S/C24H29N5O3S/c1-18-4-8-21(9-5-18)32-16-22-25-26-24(27(22)2)33-17-23(30)29-14-12-28(13-15-29)19-6-10-20(31-3)11-7-19/h4-11H,12-17H2,1-3H3. The molecule has 1 aromatic heterocycles. The van der Waals surface area contributed by atoms with Gasteiger partial charge in [0.05, 0.1) is 12.9 Å². The van der Waals surface area contributed by atoms with Crippen LogP contribution in [-0.2, 0) is 18.4 Å². The summed E-state index contributed by atoms with van der Waals surface area (Å²) in [6.45, 7) is 5.41. The lowest BCUT2D eigenvalue weighted by Crippen LogP contribution is -2.49. The Bertz CT molecular complexity index is 1060. The quantitative estimate of drug-likeness (QED) is 0.471. The van der Waals surface area contributed by atoms with Gasteiger partial charge in [-0.3, -0.25) is 4.79 Å². The van der Waals surface area contributed by atoms with E-state index >= 15 is 0 Å². The molecule has 8 nitrogen and oxygen atoms in total. The smallest absolute Gasteiger partial charge is 0.233 e. The van der Waals surface area contributed by atoms with Crippen LogP contribution in [0, 0.1) is 6.92 Å². The molecular formula is C24H29N5O3S. The van der Waals surface area contributed by atoms with Gasteiger partial charge in [-0.05, 0) is 43.3 Å². The molecule has 2 aromatic carbocycles. The fourth-order valence-electron chi connectivity index (χ4n) is 3.60. The van der Waals surface area contributed by atoms with Gasteiger partial charge in [-0.2, -0.15) is 0 Å². The maximum atomic E-state index is 12.7. The lowest BCUT2D eigenvalue weighted by Gasteiger charge is -2.36. The Morgan fingerprint density at radius 1 is 0.970 bits per heavy atom. The van der Waals surface area contributed by atoms with Crippen molar-refractivity contribution in [3.8, 4) is 11.5 Å². The summed E-state index contributed by atoms with van der Waals surface area (Å²) in [5, 5.41) is 9.16. The fourth-order valence-corrected chi connectivity index (χ4v) is 4.44. The Hall–Kier alpha value is -3.20. The van der Waals surface area contributed by atoms with Crippen molar-refractivity contribution in [2.24, 2.45) is 7.05 Å². The number of amides is 1. The minimum atomic E-state index is 0.120. The second-order valence-corrected chi connectivity index (χ2v) is 8.86. The van der Waals surface area contributed by atoms with Gasteiger partial charge in [0.25, 0.3) is 0 Å². The summed E-state index contributed by atoms with van der Waals surface area (Å²) in [5.41, 5.74) is 2.34. The van der Waals surface area contributed by atoms with Crippen molar-refractivity contribution in [3.05, 3.63) is 59.9 Å². The third kappa shape index (κ3) is 5.78. The third-order valence-corrected chi connectivity index (χ3v) is 6.71. The van der Waals surface area contributed by atoms with Gasteiger partial charge in [0.1, 0.15) is 18.1 Å². The first-order valence-corrected chi connectivity index (χ1v) is 11.9. The van der Waals surface area contributed by atoms with E-state index in [0.717, 1.165) is 36.1 Å². The zero-order valence-corrected chi connectivity index (χ0v) is 20.0. The van der Waals surface area contributed by atoms with Crippen LogP contribution in [0.4, 0.5) is 5.69 Å². The first-order chi connectivity index (χ1) is 16.0. The molecule has 1 amide bonds. The van der Waals surface area contributed by atoms with E-state index in [1.165, 1.54) is 17.3 Å². The molecule has 0 bridgehead atoms. The van der Waals surface area contributed by atoms with Gasteiger partial charge < -0.3 is 23.8 Å². The number of carbonyl (C=O) groups is 1. The SMILES string of the molecule is COc1ccc(N2CCN(C(=O)CSc3nnc(COc4ccc(C)cc4)n3C)CC2)cc1. The zero-order chi connectivity index (χ0) is 23.2. The van der Waals surface area contributed by atoms with Crippen LogP contribution >= 0.6 is 11.8 Å². The Morgan fingerprint density at radius 2 is 1.64 bits per heavy atom. The molecule has 0 spiro atoms. The van der Waals surface area contributed by atoms with Crippen LogP contribution in [-0.4, -0.2) is 64.6 Å². The van der Waals surface area contributed by atoms with Gasteiger partial charge in [-0.25, -0.2) is 0 Å². The molecule has 0 N–H and O–H groups in total. The Labute approximate surface area is 198 Å². The highest BCUT2D eigenvalue weighted by Crippen LogP contribution is 2.22. The number of benzene rings is 2. The van der Waals surface area contributed by atoms with E-state index in [1.807, 2.05) is 59.8 Å². The number of ether oxygens (including phenoxy) is 2. The molecule has 1 saturated heterocycles. The van der Waals surface area contributed by atoms with E-state index in [1.54, 1.807) is 7.11 Å². The summed E-state index contributed by atoms with van der Waals surface area (Å²) < 4.78 is 12.9. The predicted octanol–water partition coefficient (Wildman–Crippen LogP) is 3.15. The van der Waals surface area contributed by atoms with Gasteiger partial charge in [-0.15, -0.1) is 10.2 Å². The molecule has 1 aliphatic rings. The number of thioether (sulfide) groups is 1. The lowest BCUT2D eigenvalue weighted by molar-refractivity contribution is -0.128. The average molecular weight is 468 g/mol. The first kappa shape index (κ1) is 23.0. The van der Waals surface area contributed by atoms with Crippen molar-refractivity contribution in [3.63, 3.8) is 0 Å². The number of hydrogen-bond donors (Lipinski definition) is 0. The number of methoxy groups -OCH3 is 1. The maximum absolute atomic E-state index is 12.7. The molecule has 0 aliphatic carbocycles. The molecule has 174 valence electrons. The number of nitrogens with zero attached hydrogens (tertiary/aromatic N) is 5. The molecule has 1 fully saturated rings. The van der Waals surface area contributed by atoms with Crippen LogP contribution in [0.2, 0.25) is 0 Å². The van der Waals surface area contributed by atoms with Crippen LogP contribution in [0.1, 0.15) is 11.4 Å². The third-order valence-electron chi connectivity index (χ3n) is 5.71. The average Bonchev–Trinajstić information content (AvgIpc) is 3.21. The second kappa shape index (κ2) is 10.6. The molecule has 0 radical (unpaired) electrons. The number of piperazine rings is 1. The molecule has 0 saturated carbocycles. The Morgan fingerprint density at radius 3 is 2.30 bits per heavy atom. The van der Waals surface area contributed by atoms with Crippen molar-refractivity contribution in [2.75, 3.05) is 43.9 Å². The van der Waals surface area contributed by atoms with E-state index in [4.69, 9.17) is 9.47 Å². The predicted molar refractivity (Wildman–Crippen MR) is 129 cm³/mol. The van der Waals surface area contributed by atoms with E-state index in [2.05, 4.69) is 27.2 Å². The van der Waals surface area contributed by atoms with Crippen LogP contribution in [0.15, 0.2) is 53.7 Å². The van der Waals surface area contributed by atoms with Gasteiger partial charge in [0.15, 0.2) is 11.0 Å². The van der Waals surface area contributed by atoms with Gasteiger partial charge in [0.2, 0.25) is 5.91 Å². The molecule has 0 unspecified atom stereocenters. The van der Waals surface area contributed by atoms with Crippen LogP contribution < -0.4 is 14.4 Å². The largest absolute Gasteiger partial charge is 0.497 e. The Balaban J connectivity index is 1.24. The molecule has 9 heteroatoms. The summed E-state index contributed by atoms with van der Waals surface area (Å²) >= 11 is 1.41. The van der Waals surface area contributed by atoms with E-state index in [-0.39, 0.29) is 5.91 Å². The topological polar surface area (TPSA) is 72.7 Å². The van der Waals surface area contributed by atoms with Crippen LogP contribution in [0.3, 0.4) is 0 Å². The Kier molecular flexibility index (Phi) is 7.39. The summed E-state index contributed by atoms with van der Waals surface area (Å²) in [6, 6.07) is 15.9. The number of anilines is 1. The monoisotopic (exact) mass is 467 g/mol. The molecule has 3 aromatic rings. The highest BCUT2D eigenvalue weighted by Gasteiger charge is 2.22. The number of hydrogen-bond acceptors (Lipinski definition) is 7. The van der Waals surface area contributed by atoms with Crippen LogP contribution in [0.25, 0.3) is 0 Å². The maximum Gasteiger partial charge on any atom is 0.233 e. The van der Waals surface area contributed by atoms with Crippen molar-refractivity contribution in [1.29, 1.82) is 0 Å². The summed E-state index contributed by atoms with van der Waals surface area (Å²) in [6.07, 6.45) is 0. The molecular weight excluding hydrogens is 438 g/mol. The number of aryl methyl sites for hydroxylation is 1. The van der Waals surface area contributed by atoms with E-state index in [9.17, 15) is 4.79 Å². The highest BCUT2D eigenvalue weighted by molar-refractivity contribution is 7.99. The molecule has 2 heterocycles. The highest BCUT2D eigenvalue weighted by atomic mass is 32.2. The molecule has 4 rings (SSSR count). The summed E-state index contributed by atoms with van der Waals surface area (Å²) in [7, 11) is 3.56. The van der Waals surface area contributed by atoms with Crippen molar-refractivity contribution in [2.45, 2.75) is 18.7 Å². The molecule has 33 heavy (non-hydrogen) atoms. The fraction of sp³-hybridized carbons (Fsp3) is 0.375. The summed E-state index contributed by atoms with van der Waals surface area (Å²) in [5.74, 6) is 2.82. The van der Waals surface area contributed by atoms with Gasteiger partial charge in [-0.1, -0.05) is 29.5 Å². The van der Waals surface area contributed by atoms with E-state index < -0.39 is 0 Å². The van der Waals surface area contributed by atoms with E-state index in [0.29, 0.717) is 30.6 Å². The number of aromatic nitrogens is 3. The first-order valence-electron chi connectivity index (χ1n) is 10.9. The number of carbonyl (C=O) groups excluding carboxylic acids is 1. The second-order valence-electron chi connectivity index (χ2n) is 7.91. The molecule has 1 aliphatic heterocycles. The number of rotatable bonds is 8. The van der Waals surface area contributed by atoms with Gasteiger partial charge in [0, 0.05) is 38.9 Å². The minimum Gasteiger partial charge on any atom is -0.497 e. The van der Waals surface area contributed by atoms with Crippen LogP contribution in [0.5, 0.6) is 11.5 Å². The minimum absolute atomic E-state index is 0.120. The van der Waals surface area contributed by atoms with Gasteiger partial charge >= 0.3 is 0 Å². The lowest BCUT2D eigenvalue weighted by atomic mass is 10.2. The zero-order valence-electron chi connectivity index (χ0n) is 19.2. The molecule has 0 atom stereocenters. The normalized spacial score (nSPS) is 13.8. The van der Waals surface area contributed by atoms with Crippen molar-refractivity contribution < 1.29 is 14.3 Å². The summed E-state index contributed by atoms with van der Waals surface area (Å²) in [4.78, 5) is 17.0. The van der Waals surface area contributed by atoms with Crippen molar-refractivity contribution >= 4 is 23.4 Å².